The van der Waals surface area contributed by atoms with Gasteiger partial charge >= 0.3 is 0 Å². The van der Waals surface area contributed by atoms with Crippen molar-refractivity contribution >= 4 is 0 Å². The van der Waals surface area contributed by atoms with Gasteiger partial charge in [0.05, 0.1) is 0 Å². The lowest BCUT2D eigenvalue weighted by molar-refractivity contribution is 0.864. The summed E-state index contributed by atoms with van der Waals surface area (Å²) >= 11 is 0. The third-order valence-corrected chi connectivity index (χ3v) is 3.36. The molecule has 1 atom stereocenters. The number of rotatable bonds is 4. The van der Waals surface area contributed by atoms with Gasteiger partial charge in [-0.1, -0.05) is 74.5 Å². The molecular formula is C18H20. The normalized spacial score (nSPS) is 12.4. The first-order chi connectivity index (χ1) is 8.72. The van der Waals surface area contributed by atoms with E-state index >= 15 is 0 Å². The van der Waals surface area contributed by atoms with Crippen molar-refractivity contribution in [2.24, 2.45) is 0 Å². The summed E-state index contributed by atoms with van der Waals surface area (Å²) in [6.45, 7) is 8.41. The van der Waals surface area contributed by atoms with E-state index in [1.165, 1.54) is 16.7 Å². The van der Waals surface area contributed by atoms with Gasteiger partial charge in [0.1, 0.15) is 0 Å². The number of hydrogen-bond donors (Lipinski definition) is 0. The first kappa shape index (κ1) is 12.6. The Hall–Kier alpha value is -1.82. The second-order valence-electron chi connectivity index (χ2n) is 4.95. The summed E-state index contributed by atoms with van der Waals surface area (Å²) in [4.78, 5) is 0. The van der Waals surface area contributed by atoms with Gasteiger partial charge in [-0.3, -0.25) is 0 Å². The molecule has 92 valence electrons. The van der Waals surface area contributed by atoms with E-state index in [2.05, 4.69) is 69.0 Å². The van der Waals surface area contributed by atoms with Crippen LogP contribution in [-0.4, -0.2) is 0 Å². The smallest absolute Gasteiger partial charge is 0.0266 e. The highest BCUT2D eigenvalue weighted by Gasteiger charge is 2.10. The number of benzene rings is 2. The maximum Gasteiger partial charge on any atom is 0.0266 e. The Bertz CT molecular complexity index is 491. The van der Waals surface area contributed by atoms with Crippen LogP contribution in [0.2, 0.25) is 0 Å². The molecule has 2 aromatic rings. The van der Waals surface area contributed by atoms with Crippen LogP contribution in [0, 0.1) is 0 Å². The van der Waals surface area contributed by atoms with Crippen LogP contribution in [0.1, 0.15) is 42.4 Å². The molecule has 2 rings (SSSR count). The van der Waals surface area contributed by atoms with E-state index in [9.17, 15) is 0 Å². The molecule has 0 aromatic heterocycles. The van der Waals surface area contributed by atoms with E-state index < -0.39 is 0 Å². The molecule has 0 aliphatic carbocycles. The Morgan fingerprint density at radius 1 is 0.778 bits per heavy atom. The summed E-state index contributed by atoms with van der Waals surface area (Å²) in [7, 11) is 0. The molecule has 0 aliphatic heterocycles. The lowest BCUT2D eigenvalue weighted by Crippen LogP contribution is -1.98. The van der Waals surface area contributed by atoms with E-state index in [-0.39, 0.29) is 5.92 Å². The fourth-order valence-electron chi connectivity index (χ4n) is 2.21. The molecule has 0 fully saturated rings. The van der Waals surface area contributed by atoms with Gasteiger partial charge in [-0.2, -0.15) is 0 Å². The summed E-state index contributed by atoms with van der Waals surface area (Å²) in [6, 6.07) is 19.4. The second kappa shape index (κ2) is 5.68. The Kier molecular flexibility index (Phi) is 3.99. The Labute approximate surface area is 110 Å². The Morgan fingerprint density at radius 3 is 1.78 bits per heavy atom. The molecule has 0 amide bonds. The minimum atomic E-state index is 0.285. The van der Waals surface area contributed by atoms with Gasteiger partial charge < -0.3 is 0 Å². The Morgan fingerprint density at radius 2 is 1.28 bits per heavy atom. The maximum atomic E-state index is 3.97. The molecule has 18 heavy (non-hydrogen) atoms. The molecular weight excluding hydrogens is 216 g/mol. The van der Waals surface area contributed by atoms with E-state index in [1.807, 2.05) is 12.1 Å². The first-order valence-electron chi connectivity index (χ1n) is 6.49. The van der Waals surface area contributed by atoms with Gasteiger partial charge in [0.25, 0.3) is 0 Å². The molecule has 0 saturated carbocycles. The van der Waals surface area contributed by atoms with Crippen molar-refractivity contribution in [3.63, 3.8) is 0 Å². The third kappa shape index (κ3) is 2.70. The SMILES string of the molecule is C=CC(c1ccccc1)c1ccc(C(C)C)cc1. The van der Waals surface area contributed by atoms with Crippen LogP contribution in [0.3, 0.4) is 0 Å². The lowest BCUT2D eigenvalue weighted by atomic mass is 9.90. The predicted molar refractivity (Wildman–Crippen MR) is 79.0 cm³/mol. The van der Waals surface area contributed by atoms with Crippen LogP contribution in [0.4, 0.5) is 0 Å². The third-order valence-electron chi connectivity index (χ3n) is 3.36. The van der Waals surface area contributed by atoms with Crippen molar-refractivity contribution in [2.75, 3.05) is 0 Å². The molecule has 1 unspecified atom stereocenters. The molecule has 0 N–H and O–H groups in total. The van der Waals surface area contributed by atoms with Crippen LogP contribution >= 0.6 is 0 Å². The van der Waals surface area contributed by atoms with Gasteiger partial charge in [0, 0.05) is 5.92 Å². The van der Waals surface area contributed by atoms with Crippen LogP contribution in [0.5, 0.6) is 0 Å². The van der Waals surface area contributed by atoms with Crippen LogP contribution in [-0.2, 0) is 0 Å². The summed E-state index contributed by atoms with van der Waals surface area (Å²) in [5, 5.41) is 0. The average Bonchev–Trinajstić information content (AvgIpc) is 2.41. The number of hydrogen-bond acceptors (Lipinski definition) is 0. The van der Waals surface area contributed by atoms with Crippen LogP contribution < -0.4 is 0 Å². The summed E-state index contributed by atoms with van der Waals surface area (Å²) in [5.74, 6) is 0.866. The van der Waals surface area contributed by atoms with Crippen molar-refractivity contribution in [3.05, 3.63) is 83.9 Å². The quantitative estimate of drug-likeness (QED) is 0.646. The molecule has 2 aromatic carbocycles. The van der Waals surface area contributed by atoms with Crippen LogP contribution in [0.15, 0.2) is 67.3 Å². The minimum absolute atomic E-state index is 0.285. The number of allylic oxidation sites excluding steroid dienone is 1. The van der Waals surface area contributed by atoms with Crippen molar-refractivity contribution in [1.29, 1.82) is 0 Å². The van der Waals surface area contributed by atoms with Crippen LogP contribution in [0.25, 0.3) is 0 Å². The fourth-order valence-corrected chi connectivity index (χ4v) is 2.21. The van der Waals surface area contributed by atoms with Crippen molar-refractivity contribution < 1.29 is 0 Å². The molecule has 0 bridgehead atoms. The van der Waals surface area contributed by atoms with E-state index in [0.29, 0.717) is 5.92 Å². The standard InChI is InChI=1S/C18H20/c1-4-18(16-8-6-5-7-9-16)17-12-10-15(11-13-17)14(2)3/h4-14,18H,1H2,2-3H3. The zero-order valence-electron chi connectivity index (χ0n) is 11.1. The zero-order chi connectivity index (χ0) is 13.0. The van der Waals surface area contributed by atoms with Crippen molar-refractivity contribution in [3.8, 4) is 0 Å². The highest BCUT2D eigenvalue weighted by atomic mass is 14.1. The predicted octanol–water partition coefficient (Wildman–Crippen LogP) is 5.13. The molecule has 0 nitrogen and oxygen atoms in total. The highest BCUT2D eigenvalue weighted by Crippen LogP contribution is 2.26. The maximum absolute atomic E-state index is 3.97. The Balaban J connectivity index is 2.31. The lowest BCUT2D eigenvalue weighted by Gasteiger charge is -2.14. The van der Waals surface area contributed by atoms with Gasteiger partial charge in [-0.05, 0) is 22.6 Å². The van der Waals surface area contributed by atoms with E-state index in [1.54, 1.807) is 0 Å². The largest absolute Gasteiger partial charge is 0.102 e. The molecule has 0 heterocycles. The van der Waals surface area contributed by atoms with E-state index in [0.717, 1.165) is 0 Å². The molecule has 0 radical (unpaired) electrons. The summed E-state index contributed by atoms with van der Waals surface area (Å²) in [5.41, 5.74) is 3.99. The van der Waals surface area contributed by atoms with Gasteiger partial charge in [-0.15, -0.1) is 6.58 Å². The first-order valence-corrected chi connectivity index (χ1v) is 6.49. The van der Waals surface area contributed by atoms with Gasteiger partial charge in [-0.25, -0.2) is 0 Å². The van der Waals surface area contributed by atoms with Gasteiger partial charge in [0.2, 0.25) is 0 Å². The topological polar surface area (TPSA) is 0 Å². The average molecular weight is 236 g/mol. The molecule has 0 spiro atoms. The highest BCUT2D eigenvalue weighted by molar-refractivity contribution is 5.37. The van der Waals surface area contributed by atoms with Crippen molar-refractivity contribution in [1.82, 2.24) is 0 Å². The molecule has 0 saturated heterocycles. The summed E-state index contributed by atoms with van der Waals surface area (Å²) < 4.78 is 0. The summed E-state index contributed by atoms with van der Waals surface area (Å²) in [6.07, 6.45) is 2.01. The monoisotopic (exact) mass is 236 g/mol. The second-order valence-corrected chi connectivity index (χ2v) is 4.95. The molecule has 0 heteroatoms. The van der Waals surface area contributed by atoms with Gasteiger partial charge in [0.15, 0.2) is 0 Å². The fraction of sp³-hybridized carbons (Fsp3) is 0.222. The van der Waals surface area contributed by atoms with E-state index in [4.69, 9.17) is 0 Å². The van der Waals surface area contributed by atoms with Crippen molar-refractivity contribution in [2.45, 2.75) is 25.7 Å². The zero-order valence-corrected chi connectivity index (χ0v) is 11.1. The molecule has 0 aliphatic rings. The minimum Gasteiger partial charge on any atom is -0.102 e.